The first-order chi connectivity index (χ1) is 8.04. The molecule has 0 amide bonds. The molecule has 17 heavy (non-hydrogen) atoms. The van der Waals surface area contributed by atoms with Crippen molar-refractivity contribution in [2.45, 2.75) is 25.1 Å². The van der Waals surface area contributed by atoms with E-state index in [9.17, 15) is 4.39 Å². The average molecular weight is 322 g/mol. The Balaban J connectivity index is 2.32. The number of benzene rings is 1. The van der Waals surface area contributed by atoms with Gasteiger partial charge in [0.2, 0.25) is 0 Å². The van der Waals surface area contributed by atoms with Crippen LogP contribution in [0, 0.1) is 17.7 Å². The molecule has 1 aromatic carbocycles. The Bertz CT molecular complexity index is 420. The van der Waals surface area contributed by atoms with Crippen molar-refractivity contribution in [1.82, 2.24) is 0 Å². The molecule has 0 saturated heterocycles. The third-order valence-electron chi connectivity index (χ3n) is 3.40. The molecule has 1 saturated carbocycles. The van der Waals surface area contributed by atoms with E-state index in [1.807, 2.05) is 0 Å². The Kier molecular flexibility index (Phi) is 3.99. The first-order valence-electron chi connectivity index (χ1n) is 5.71. The second-order valence-corrected chi connectivity index (χ2v) is 5.93. The molecule has 0 aliphatic heterocycles. The van der Waals surface area contributed by atoms with Crippen LogP contribution >= 0.6 is 27.5 Å². The molecule has 94 valence electrons. The molecule has 2 rings (SSSR count). The van der Waals surface area contributed by atoms with Gasteiger partial charge in [-0.15, -0.1) is 11.6 Å². The summed E-state index contributed by atoms with van der Waals surface area (Å²) in [6, 6.07) is 3.11. The highest BCUT2D eigenvalue weighted by Gasteiger charge is 2.34. The van der Waals surface area contributed by atoms with Crippen LogP contribution in [-0.4, -0.2) is 7.11 Å². The fourth-order valence-corrected chi connectivity index (χ4v) is 2.82. The molecular formula is C13H15BrClFO. The van der Waals surface area contributed by atoms with Gasteiger partial charge in [0.05, 0.1) is 17.0 Å². The maximum absolute atomic E-state index is 13.4. The van der Waals surface area contributed by atoms with Crippen molar-refractivity contribution >= 4 is 27.5 Å². The summed E-state index contributed by atoms with van der Waals surface area (Å²) in [5.74, 6) is 1.29. The zero-order valence-corrected chi connectivity index (χ0v) is 12.2. The van der Waals surface area contributed by atoms with Crippen LogP contribution in [0.2, 0.25) is 0 Å². The van der Waals surface area contributed by atoms with Gasteiger partial charge in [0.15, 0.2) is 0 Å². The third kappa shape index (κ3) is 2.76. The van der Waals surface area contributed by atoms with E-state index in [0.29, 0.717) is 22.1 Å². The van der Waals surface area contributed by atoms with E-state index in [-0.39, 0.29) is 11.2 Å². The van der Waals surface area contributed by atoms with E-state index >= 15 is 0 Å². The number of halogens is 3. The van der Waals surface area contributed by atoms with Crippen LogP contribution in [0.15, 0.2) is 16.6 Å². The van der Waals surface area contributed by atoms with Crippen molar-refractivity contribution in [3.63, 3.8) is 0 Å². The summed E-state index contributed by atoms with van der Waals surface area (Å²) in [7, 11) is 1.54. The van der Waals surface area contributed by atoms with Gasteiger partial charge in [-0.3, -0.25) is 0 Å². The molecule has 2 atom stereocenters. The van der Waals surface area contributed by atoms with E-state index in [2.05, 4.69) is 22.9 Å². The molecule has 0 N–H and O–H groups in total. The normalized spacial score (nSPS) is 18.9. The molecular weight excluding hydrogens is 306 g/mol. The number of hydrogen-bond acceptors (Lipinski definition) is 1. The SMILES string of the molecule is COc1cc(F)c(Br)cc1C(Cl)C(C)C1CC1. The van der Waals surface area contributed by atoms with E-state index in [0.717, 1.165) is 5.56 Å². The molecule has 1 fully saturated rings. The van der Waals surface area contributed by atoms with Crippen molar-refractivity contribution in [1.29, 1.82) is 0 Å². The molecule has 1 aliphatic carbocycles. The summed E-state index contributed by atoms with van der Waals surface area (Å²) < 4.78 is 19.1. The van der Waals surface area contributed by atoms with Gasteiger partial charge < -0.3 is 4.74 Å². The maximum atomic E-state index is 13.4. The number of rotatable bonds is 4. The van der Waals surface area contributed by atoms with Gasteiger partial charge in [-0.2, -0.15) is 0 Å². The van der Waals surface area contributed by atoms with Crippen LogP contribution < -0.4 is 4.74 Å². The highest BCUT2D eigenvalue weighted by molar-refractivity contribution is 9.10. The molecule has 1 aromatic rings. The summed E-state index contributed by atoms with van der Waals surface area (Å²) in [6.45, 7) is 2.14. The minimum absolute atomic E-state index is 0.130. The first-order valence-corrected chi connectivity index (χ1v) is 6.94. The lowest BCUT2D eigenvalue weighted by molar-refractivity contribution is 0.396. The molecule has 0 radical (unpaired) electrons. The highest BCUT2D eigenvalue weighted by Crippen LogP contribution is 2.47. The first kappa shape index (κ1) is 13.2. The van der Waals surface area contributed by atoms with Crippen molar-refractivity contribution in [2.24, 2.45) is 11.8 Å². The van der Waals surface area contributed by atoms with Crippen LogP contribution in [0.4, 0.5) is 4.39 Å². The Morgan fingerprint density at radius 1 is 1.47 bits per heavy atom. The van der Waals surface area contributed by atoms with Gasteiger partial charge in [0.1, 0.15) is 11.6 Å². The van der Waals surface area contributed by atoms with Crippen LogP contribution in [0.25, 0.3) is 0 Å². The molecule has 0 heterocycles. The lowest BCUT2D eigenvalue weighted by atomic mass is 9.95. The Labute approximate surface area is 114 Å². The molecule has 4 heteroatoms. The fraction of sp³-hybridized carbons (Fsp3) is 0.538. The van der Waals surface area contributed by atoms with Gasteiger partial charge in [0.25, 0.3) is 0 Å². The molecule has 0 bridgehead atoms. The minimum atomic E-state index is -0.325. The summed E-state index contributed by atoms with van der Waals surface area (Å²) in [5.41, 5.74) is 0.863. The topological polar surface area (TPSA) is 9.23 Å². The number of hydrogen-bond donors (Lipinski definition) is 0. The van der Waals surface area contributed by atoms with E-state index in [1.54, 1.807) is 6.07 Å². The summed E-state index contributed by atoms with van der Waals surface area (Å²) in [4.78, 5) is 0. The zero-order valence-electron chi connectivity index (χ0n) is 9.84. The van der Waals surface area contributed by atoms with Crippen LogP contribution in [0.5, 0.6) is 5.75 Å². The second kappa shape index (κ2) is 5.15. The fourth-order valence-electron chi connectivity index (χ4n) is 2.08. The molecule has 0 aromatic heterocycles. The molecule has 0 spiro atoms. The largest absolute Gasteiger partial charge is 0.496 e. The van der Waals surface area contributed by atoms with Gasteiger partial charge in [-0.1, -0.05) is 6.92 Å². The number of ether oxygens (including phenoxy) is 1. The minimum Gasteiger partial charge on any atom is -0.496 e. The van der Waals surface area contributed by atoms with Gasteiger partial charge in [-0.25, -0.2) is 4.39 Å². The quantitative estimate of drug-likeness (QED) is 0.715. The highest BCUT2D eigenvalue weighted by atomic mass is 79.9. The summed E-state index contributed by atoms with van der Waals surface area (Å²) in [6.07, 6.45) is 2.49. The molecule has 1 nitrogen and oxygen atoms in total. The third-order valence-corrected chi connectivity index (χ3v) is 4.64. The van der Waals surface area contributed by atoms with E-state index in [1.165, 1.54) is 26.0 Å². The van der Waals surface area contributed by atoms with Crippen molar-refractivity contribution in [3.05, 3.63) is 28.0 Å². The lowest BCUT2D eigenvalue weighted by Crippen LogP contribution is -2.08. The smallest absolute Gasteiger partial charge is 0.141 e. The molecule has 2 unspecified atom stereocenters. The van der Waals surface area contributed by atoms with Crippen molar-refractivity contribution < 1.29 is 9.13 Å². The summed E-state index contributed by atoms with van der Waals surface area (Å²) >= 11 is 9.67. The molecule has 1 aliphatic rings. The van der Waals surface area contributed by atoms with Gasteiger partial charge >= 0.3 is 0 Å². The van der Waals surface area contributed by atoms with E-state index in [4.69, 9.17) is 16.3 Å². The Hall–Kier alpha value is -0.280. The van der Waals surface area contributed by atoms with Crippen LogP contribution in [0.1, 0.15) is 30.7 Å². The predicted octanol–water partition coefficient (Wildman–Crippen LogP) is 4.92. The van der Waals surface area contributed by atoms with Crippen molar-refractivity contribution in [2.75, 3.05) is 7.11 Å². The second-order valence-electron chi connectivity index (χ2n) is 4.61. The van der Waals surface area contributed by atoms with Gasteiger partial charge in [-0.05, 0) is 46.7 Å². The zero-order chi connectivity index (χ0) is 12.6. The number of methoxy groups -OCH3 is 1. The standard InChI is InChI=1S/C13H15BrClFO/c1-7(8-3-4-8)13(15)9-5-10(14)11(16)6-12(9)17-2/h5-8,13H,3-4H2,1-2H3. The average Bonchev–Trinajstić information content (AvgIpc) is 3.14. The lowest BCUT2D eigenvalue weighted by Gasteiger charge is -2.20. The summed E-state index contributed by atoms with van der Waals surface area (Å²) in [5, 5.41) is -0.130. The van der Waals surface area contributed by atoms with Gasteiger partial charge in [0, 0.05) is 11.6 Å². The maximum Gasteiger partial charge on any atom is 0.141 e. The van der Waals surface area contributed by atoms with Crippen molar-refractivity contribution in [3.8, 4) is 5.75 Å². The monoisotopic (exact) mass is 320 g/mol. The Morgan fingerprint density at radius 3 is 2.65 bits per heavy atom. The number of alkyl halides is 1. The predicted molar refractivity (Wildman–Crippen MR) is 71.1 cm³/mol. The van der Waals surface area contributed by atoms with E-state index < -0.39 is 0 Å². The Morgan fingerprint density at radius 2 is 2.12 bits per heavy atom. The van der Waals surface area contributed by atoms with Crippen LogP contribution in [0.3, 0.4) is 0 Å². The van der Waals surface area contributed by atoms with Crippen LogP contribution in [-0.2, 0) is 0 Å².